The van der Waals surface area contributed by atoms with E-state index < -0.39 is 18.0 Å². The van der Waals surface area contributed by atoms with Crippen LogP contribution in [0.25, 0.3) is 11.3 Å². The highest BCUT2D eigenvalue weighted by Crippen LogP contribution is 2.33. The number of halogens is 3. The van der Waals surface area contributed by atoms with E-state index in [0.29, 0.717) is 35.4 Å². The lowest BCUT2D eigenvalue weighted by Gasteiger charge is -2.12. The van der Waals surface area contributed by atoms with Crippen LogP contribution in [-0.2, 0) is 6.18 Å². The molecule has 0 bridgehead atoms. The topological polar surface area (TPSA) is 89.5 Å². The number of hydrogen-bond acceptors (Lipinski definition) is 5. The first-order valence-corrected chi connectivity index (χ1v) is 7.79. The van der Waals surface area contributed by atoms with Gasteiger partial charge < -0.3 is 19.0 Å². The summed E-state index contributed by atoms with van der Waals surface area (Å²) in [6.07, 6.45) is -3.22. The van der Waals surface area contributed by atoms with Gasteiger partial charge in [0, 0.05) is 11.6 Å². The molecule has 0 aliphatic heterocycles. The maximum absolute atomic E-state index is 12.5. The van der Waals surface area contributed by atoms with Crippen molar-refractivity contribution in [3.05, 3.63) is 48.4 Å². The summed E-state index contributed by atoms with van der Waals surface area (Å²) in [6.45, 7) is 2.29. The van der Waals surface area contributed by atoms with Crippen LogP contribution in [-0.4, -0.2) is 17.8 Å². The van der Waals surface area contributed by atoms with Crippen molar-refractivity contribution >= 4 is 17.5 Å². The van der Waals surface area contributed by atoms with Crippen molar-refractivity contribution in [3.63, 3.8) is 0 Å². The monoisotopic (exact) mass is 381 g/mol. The van der Waals surface area contributed by atoms with Crippen LogP contribution in [0.3, 0.4) is 0 Å². The fourth-order valence-corrected chi connectivity index (χ4v) is 2.26. The number of urea groups is 1. The molecule has 0 fully saturated rings. The molecule has 0 aliphatic carbocycles. The van der Waals surface area contributed by atoms with Gasteiger partial charge in [-0.05, 0) is 37.3 Å². The van der Waals surface area contributed by atoms with E-state index in [4.69, 9.17) is 9.15 Å². The average Bonchev–Trinajstić information content (AvgIpc) is 3.27. The molecule has 0 aliphatic rings. The van der Waals surface area contributed by atoms with Crippen molar-refractivity contribution in [2.45, 2.75) is 13.1 Å². The summed E-state index contributed by atoms with van der Waals surface area (Å²) in [4.78, 5) is 12.1. The summed E-state index contributed by atoms with van der Waals surface area (Å²) in [5.41, 5.74) is 0.905. The van der Waals surface area contributed by atoms with E-state index in [2.05, 4.69) is 20.3 Å². The van der Waals surface area contributed by atoms with Crippen molar-refractivity contribution in [2.75, 3.05) is 17.2 Å². The third kappa shape index (κ3) is 4.40. The molecule has 2 N–H and O–H groups in total. The van der Waals surface area contributed by atoms with Crippen molar-refractivity contribution in [1.29, 1.82) is 0 Å². The van der Waals surface area contributed by atoms with E-state index in [1.807, 2.05) is 6.92 Å². The third-order valence-electron chi connectivity index (χ3n) is 3.37. The molecule has 0 unspecified atom stereocenters. The van der Waals surface area contributed by atoms with Crippen molar-refractivity contribution in [2.24, 2.45) is 0 Å². The van der Waals surface area contributed by atoms with Gasteiger partial charge in [0.1, 0.15) is 11.5 Å². The zero-order chi connectivity index (χ0) is 19.4. The molecule has 10 heteroatoms. The van der Waals surface area contributed by atoms with Crippen molar-refractivity contribution in [1.82, 2.24) is 5.16 Å². The second-order valence-corrected chi connectivity index (χ2v) is 5.27. The van der Waals surface area contributed by atoms with Gasteiger partial charge >= 0.3 is 12.2 Å². The number of alkyl halides is 3. The number of carbonyl (C=O) groups excluding carboxylic acids is 1. The minimum absolute atomic E-state index is 0.366. The number of aromatic nitrogens is 1. The maximum Gasteiger partial charge on any atom is 0.452 e. The summed E-state index contributed by atoms with van der Waals surface area (Å²) in [5, 5.41) is 7.88. The van der Waals surface area contributed by atoms with Gasteiger partial charge in [0.2, 0.25) is 5.76 Å². The van der Waals surface area contributed by atoms with Crippen LogP contribution in [0.4, 0.5) is 29.5 Å². The summed E-state index contributed by atoms with van der Waals surface area (Å²) in [7, 11) is 0. The standard InChI is InChI=1S/C17H14F3N3O4/c1-2-25-10-5-6-12(11(8-10)13-4-3-7-26-13)21-16(24)22-15-9-14(27-23-15)17(18,19)20/h3-9H,2H2,1H3,(H2,21,22,23,24). The normalized spacial score (nSPS) is 11.3. The van der Waals surface area contributed by atoms with Gasteiger partial charge in [-0.1, -0.05) is 5.16 Å². The zero-order valence-electron chi connectivity index (χ0n) is 14.0. The second-order valence-electron chi connectivity index (χ2n) is 5.27. The van der Waals surface area contributed by atoms with Gasteiger partial charge in [0.05, 0.1) is 18.6 Å². The van der Waals surface area contributed by atoms with E-state index in [9.17, 15) is 18.0 Å². The first-order valence-electron chi connectivity index (χ1n) is 7.79. The van der Waals surface area contributed by atoms with Crippen LogP contribution in [0.15, 0.2) is 51.6 Å². The Hall–Kier alpha value is -3.43. The summed E-state index contributed by atoms with van der Waals surface area (Å²) in [5.74, 6) is -0.630. The number of hydrogen-bond donors (Lipinski definition) is 2. The smallest absolute Gasteiger partial charge is 0.452 e. The van der Waals surface area contributed by atoms with Gasteiger partial charge in [-0.2, -0.15) is 13.2 Å². The first kappa shape index (κ1) is 18.4. The van der Waals surface area contributed by atoms with E-state index in [-0.39, 0.29) is 5.82 Å². The fourth-order valence-electron chi connectivity index (χ4n) is 2.26. The fraction of sp³-hybridized carbons (Fsp3) is 0.176. The molecule has 0 atom stereocenters. The quantitative estimate of drug-likeness (QED) is 0.649. The SMILES string of the molecule is CCOc1ccc(NC(=O)Nc2cc(C(F)(F)F)on2)c(-c2ccco2)c1. The molecule has 1 aromatic carbocycles. The van der Waals surface area contributed by atoms with Gasteiger partial charge in [-0.3, -0.25) is 5.32 Å². The molecule has 2 aromatic heterocycles. The van der Waals surface area contributed by atoms with Crippen LogP contribution in [0, 0.1) is 0 Å². The minimum atomic E-state index is -4.69. The van der Waals surface area contributed by atoms with E-state index in [1.54, 1.807) is 30.3 Å². The summed E-state index contributed by atoms with van der Waals surface area (Å²) in [6, 6.07) is 8.08. The number of rotatable bonds is 5. The molecule has 3 rings (SSSR count). The number of benzene rings is 1. The molecule has 7 nitrogen and oxygen atoms in total. The lowest BCUT2D eigenvalue weighted by atomic mass is 10.1. The molecule has 27 heavy (non-hydrogen) atoms. The van der Waals surface area contributed by atoms with Crippen LogP contribution in [0.5, 0.6) is 5.75 Å². The largest absolute Gasteiger partial charge is 0.494 e. The third-order valence-corrected chi connectivity index (χ3v) is 3.37. The van der Waals surface area contributed by atoms with Gasteiger partial charge in [-0.15, -0.1) is 0 Å². The maximum atomic E-state index is 12.5. The Kier molecular flexibility index (Phi) is 5.06. The number of carbonyl (C=O) groups is 1. The van der Waals surface area contributed by atoms with Crippen LogP contribution >= 0.6 is 0 Å². The average molecular weight is 381 g/mol. The Morgan fingerprint density at radius 2 is 2.04 bits per heavy atom. The van der Waals surface area contributed by atoms with Crippen molar-refractivity contribution in [3.8, 4) is 17.1 Å². The van der Waals surface area contributed by atoms with E-state index in [0.717, 1.165) is 0 Å². The Morgan fingerprint density at radius 1 is 1.22 bits per heavy atom. The van der Waals surface area contributed by atoms with E-state index >= 15 is 0 Å². The zero-order valence-corrected chi connectivity index (χ0v) is 14.0. The second kappa shape index (κ2) is 7.44. The number of anilines is 2. The molecule has 0 spiro atoms. The van der Waals surface area contributed by atoms with E-state index in [1.165, 1.54) is 6.26 Å². The molecule has 2 amide bonds. The molecule has 0 radical (unpaired) electrons. The van der Waals surface area contributed by atoms with Crippen LogP contribution < -0.4 is 15.4 Å². The first-order chi connectivity index (χ1) is 12.9. The van der Waals surface area contributed by atoms with Crippen LogP contribution in [0.2, 0.25) is 0 Å². The van der Waals surface area contributed by atoms with Gasteiger partial charge in [0.15, 0.2) is 5.82 Å². The van der Waals surface area contributed by atoms with Crippen molar-refractivity contribution < 1.29 is 31.6 Å². The van der Waals surface area contributed by atoms with Gasteiger partial charge in [-0.25, -0.2) is 4.79 Å². The molecular weight excluding hydrogens is 367 g/mol. The number of nitrogens with one attached hydrogen (secondary N) is 2. The summed E-state index contributed by atoms with van der Waals surface area (Å²) < 4.78 is 52.5. The highest BCUT2D eigenvalue weighted by atomic mass is 19.4. The lowest BCUT2D eigenvalue weighted by Crippen LogP contribution is -2.20. The predicted octanol–water partition coefficient (Wildman–Crippen LogP) is 5.00. The number of nitrogens with zero attached hydrogens (tertiary/aromatic N) is 1. The minimum Gasteiger partial charge on any atom is -0.494 e. The molecule has 142 valence electrons. The number of amides is 2. The molecule has 0 saturated carbocycles. The summed E-state index contributed by atoms with van der Waals surface area (Å²) >= 11 is 0. The Morgan fingerprint density at radius 3 is 2.67 bits per heavy atom. The molecule has 2 heterocycles. The number of ether oxygens (including phenoxy) is 1. The highest BCUT2D eigenvalue weighted by molar-refractivity contribution is 6.01. The van der Waals surface area contributed by atoms with Gasteiger partial charge in [0.25, 0.3) is 0 Å². The Bertz CT molecular complexity index is 920. The predicted molar refractivity (Wildman–Crippen MR) is 89.5 cm³/mol. The lowest BCUT2D eigenvalue weighted by molar-refractivity contribution is -0.155. The Labute approximate surface area is 151 Å². The highest BCUT2D eigenvalue weighted by Gasteiger charge is 2.36. The number of furan rings is 1. The molecular formula is C17H14F3N3O4. The Balaban J connectivity index is 1.78. The van der Waals surface area contributed by atoms with Crippen LogP contribution in [0.1, 0.15) is 12.7 Å². The molecule has 3 aromatic rings. The molecule has 0 saturated heterocycles.